The molecular weight excluding hydrogens is 252 g/mol. The number of anilines is 1. The Kier molecular flexibility index (Phi) is 3.46. The van der Waals surface area contributed by atoms with Crippen molar-refractivity contribution in [2.24, 2.45) is 0 Å². The molecule has 2 bridgehead atoms. The molecule has 2 aliphatic heterocycles. The van der Waals surface area contributed by atoms with Gasteiger partial charge in [0, 0.05) is 31.4 Å². The van der Waals surface area contributed by atoms with Crippen LogP contribution in [0, 0.1) is 6.92 Å². The molecule has 0 radical (unpaired) electrons. The number of likely N-dealkylation sites (N-methyl/N-ethyl adjacent to an activating group) is 1. The van der Waals surface area contributed by atoms with E-state index < -0.39 is 0 Å². The zero-order chi connectivity index (χ0) is 14.3. The molecule has 108 valence electrons. The molecule has 0 aromatic carbocycles. The molecule has 0 spiro atoms. The Hall–Kier alpha value is -1.49. The highest BCUT2D eigenvalue weighted by Crippen LogP contribution is 2.29. The average molecular weight is 274 g/mol. The number of hydrogen-bond acceptors (Lipinski definition) is 5. The Labute approximate surface area is 120 Å². The second kappa shape index (κ2) is 5.13. The van der Waals surface area contributed by atoms with Crippen LogP contribution in [0.1, 0.15) is 42.2 Å². The maximum absolute atomic E-state index is 11.5. The minimum absolute atomic E-state index is 0.0312. The van der Waals surface area contributed by atoms with Crippen LogP contribution in [0.4, 0.5) is 5.95 Å². The lowest BCUT2D eigenvalue weighted by atomic mass is 10.1. The second-order valence-corrected chi connectivity index (χ2v) is 6.01. The van der Waals surface area contributed by atoms with Gasteiger partial charge in [0.05, 0.1) is 11.3 Å². The maximum Gasteiger partial charge on any atom is 0.225 e. The van der Waals surface area contributed by atoms with Crippen LogP contribution in [0.15, 0.2) is 6.20 Å². The highest BCUT2D eigenvalue weighted by molar-refractivity contribution is 5.94. The van der Waals surface area contributed by atoms with Crippen molar-refractivity contribution < 1.29 is 4.79 Å². The van der Waals surface area contributed by atoms with E-state index in [1.165, 1.54) is 19.3 Å². The number of hydrogen-bond donors (Lipinski definition) is 0. The highest BCUT2D eigenvalue weighted by Gasteiger charge is 2.35. The van der Waals surface area contributed by atoms with E-state index in [1.54, 1.807) is 13.1 Å². The number of aryl methyl sites for hydroxylation is 1. The number of nitrogens with zero attached hydrogens (tertiary/aromatic N) is 4. The Morgan fingerprint density at radius 3 is 2.75 bits per heavy atom. The largest absolute Gasteiger partial charge is 0.339 e. The fraction of sp³-hybridized carbons (Fsp3) is 0.667. The summed E-state index contributed by atoms with van der Waals surface area (Å²) < 4.78 is 0. The van der Waals surface area contributed by atoms with Crippen LogP contribution in [-0.4, -0.2) is 52.9 Å². The van der Waals surface area contributed by atoms with Crippen LogP contribution in [0.3, 0.4) is 0 Å². The number of Topliss-reactive ketones (excluding diaryl/α,β-unsaturated/α-hetero) is 1. The number of fused-ring (bicyclic) bond motifs is 2. The average Bonchev–Trinajstić information content (AvgIpc) is 2.62. The van der Waals surface area contributed by atoms with Gasteiger partial charge in [0.1, 0.15) is 0 Å². The molecule has 0 N–H and O–H groups in total. The van der Waals surface area contributed by atoms with E-state index in [0.29, 0.717) is 17.6 Å². The third-order valence-corrected chi connectivity index (χ3v) is 4.78. The molecule has 3 rings (SSSR count). The number of carbonyl (C=O) groups is 1. The van der Waals surface area contributed by atoms with Crippen molar-refractivity contribution in [3.63, 3.8) is 0 Å². The lowest BCUT2D eigenvalue weighted by Gasteiger charge is -2.26. The summed E-state index contributed by atoms with van der Waals surface area (Å²) in [7, 11) is 2.23. The predicted octanol–water partition coefficient (Wildman–Crippen LogP) is 1.66. The zero-order valence-electron chi connectivity index (χ0n) is 12.5. The van der Waals surface area contributed by atoms with E-state index in [1.807, 2.05) is 6.92 Å². The Morgan fingerprint density at radius 2 is 2.05 bits per heavy atom. The normalized spacial score (nSPS) is 26.6. The first kappa shape index (κ1) is 13.5. The van der Waals surface area contributed by atoms with Crippen molar-refractivity contribution in [3.05, 3.63) is 17.5 Å². The summed E-state index contributed by atoms with van der Waals surface area (Å²) in [6.45, 7) is 5.44. The molecule has 2 fully saturated rings. The maximum atomic E-state index is 11.5. The summed E-state index contributed by atoms with van der Waals surface area (Å²) in [5.41, 5.74) is 1.41. The van der Waals surface area contributed by atoms with Gasteiger partial charge >= 0.3 is 0 Å². The van der Waals surface area contributed by atoms with Gasteiger partial charge < -0.3 is 4.90 Å². The molecule has 2 aliphatic rings. The summed E-state index contributed by atoms with van der Waals surface area (Å²) in [6, 6.07) is 1.32. The molecule has 0 amide bonds. The number of aromatic nitrogens is 2. The molecule has 0 unspecified atom stereocenters. The van der Waals surface area contributed by atoms with Crippen LogP contribution in [0.25, 0.3) is 0 Å². The summed E-state index contributed by atoms with van der Waals surface area (Å²) in [4.78, 5) is 25.2. The van der Waals surface area contributed by atoms with Crippen molar-refractivity contribution in [1.29, 1.82) is 0 Å². The standard InChI is InChI=1S/C15H22N4O/c1-10-14(11(2)20)8-16-15(17-10)19-7-6-12-4-5-13(9-19)18(12)3/h8,12-13H,4-7,9H2,1-3H3/t12-,13+/m0/s1. The van der Waals surface area contributed by atoms with Crippen molar-refractivity contribution in [1.82, 2.24) is 14.9 Å². The fourth-order valence-corrected chi connectivity index (χ4v) is 3.44. The van der Waals surface area contributed by atoms with Gasteiger partial charge in [0.15, 0.2) is 5.78 Å². The topological polar surface area (TPSA) is 49.3 Å². The van der Waals surface area contributed by atoms with Gasteiger partial charge in [-0.1, -0.05) is 0 Å². The molecule has 3 heterocycles. The number of ketones is 1. The molecule has 0 saturated carbocycles. The first-order valence-electron chi connectivity index (χ1n) is 7.37. The minimum Gasteiger partial charge on any atom is -0.339 e. The molecular formula is C15H22N4O. The Balaban J connectivity index is 1.83. The zero-order valence-corrected chi connectivity index (χ0v) is 12.5. The molecule has 2 atom stereocenters. The monoisotopic (exact) mass is 274 g/mol. The van der Waals surface area contributed by atoms with Crippen LogP contribution in [0.2, 0.25) is 0 Å². The fourth-order valence-electron chi connectivity index (χ4n) is 3.44. The van der Waals surface area contributed by atoms with Gasteiger partial charge in [0.25, 0.3) is 0 Å². The van der Waals surface area contributed by atoms with Gasteiger partial charge in [-0.05, 0) is 40.2 Å². The molecule has 5 heteroatoms. The lowest BCUT2D eigenvalue weighted by Crippen LogP contribution is -2.37. The molecule has 1 aromatic rings. The number of rotatable bonds is 2. The van der Waals surface area contributed by atoms with Gasteiger partial charge in [0.2, 0.25) is 5.95 Å². The first-order valence-corrected chi connectivity index (χ1v) is 7.37. The summed E-state index contributed by atoms with van der Waals surface area (Å²) in [6.07, 6.45) is 5.43. The molecule has 2 saturated heterocycles. The van der Waals surface area contributed by atoms with Crippen molar-refractivity contribution in [2.75, 3.05) is 25.0 Å². The van der Waals surface area contributed by atoms with Crippen molar-refractivity contribution in [2.45, 2.75) is 45.2 Å². The SMILES string of the molecule is CC(=O)c1cnc(N2CC[C@@H]3CC[C@H](C2)N3C)nc1C. The van der Waals surface area contributed by atoms with Crippen molar-refractivity contribution in [3.8, 4) is 0 Å². The highest BCUT2D eigenvalue weighted by atomic mass is 16.1. The van der Waals surface area contributed by atoms with Crippen LogP contribution in [0.5, 0.6) is 0 Å². The van der Waals surface area contributed by atoms with E-state index in [4.69, 9.17) is 0 Å². The smallest absolute Gasteiger partial charge is 0.225 e. The van der Waals surface area contributed by atoms with Crippen molar-refractivity contribution >= 4 is 11.7 Å². The summed E-state index contributed by atoms with van der Waals surface area (Å²) in [5.74, 6) is 0.803. The second-order valence-electron chi connectivity index (χ2n) is 6.01. The quantitative estimate of drug-likeness (QED) is 0.768. The molecule has 0 aliphatic carbocycles. The van der Waals surface area contributed by atoms with Gasteiger partial charge in [-0.3, -0.25) is 9.69 Å². The Morgan fingerprint density at radius 1 is 1.30 bits per heavy atom. The van der Waals surface area contributed by atoms with E-state index in [-0.39, 0.29) is 5.78 Å². The minimum atomic E-state index is 0.0312. The molecule has 5 nitrogen and oxygen atoms in total. The molecule has 1 aromatic heterocycles. The van der Waals surface area contributed by atoms with E-state index in [9.17, 15) is 4.79 Å². The first-order chi connectivity index (χ1) is 9.56. The lowest BCUT2D eigenvalue weighted by molar-refractivity contribution is 0.101. The van der Waals surface area contributed by atoms with Crippen LogP contribution >= 0.6 is 0 Å². The van der Waals surface area contributed by atoms with E-state index in [2.05, 4.69) is 26.8 Å². The van der Waals surface area contributed by atoms with E-state index >= 15 is 0 Å². The van der Waals surface area contributed by atoms with Crippen LogP contribution in [-0.2, 0) is 0 Å². The third kappa shape index (κ3) is 2.30. The third-order valence-electron chi connectivity index (χ3n) is 4.78. The van der Waals surface area contributed by atoms with Crippen LogP contribution < -0.4 is 4.90 Å². The Bertz CT molecular complexity index is 531. The number of carbonyl (C=O) groups excluding carboxylic acids is 1. The van der Waals surface area contributed by atoms with Gasteiger partial charge in [-0.15, -0.1) is 0 Å². The molecule has 20 heavy (non-hydrogen) atoms. The van der Waals surface area contributed by atoms with Gasteiger partial charge in [-0.25, -0.2) is 9.97 Å². The predicted molar refractivity (Wildman–Crippen MR) is 78.2 cm³/mol. The van der Waals surface area contributed by atoms with E-state index in [0.717, 1.165) is 24.7 Å². The summed E-state index contributed by atoms with van der Waals surface area (Å²) in [5, 5.41) is 0. The summed E-state index contributed by atoms with van der Waals surface area (Å²) >= 11 is 0. The van der Waals surface area contributed by atoms with Gasteiger partial charge in [-0.2, -0.15) is 0 Å².